The summed E-state index contributed by atoms with van der Waals surface area (Å²) in [6.07, 6.45) is 2.69. The van der Waals surface area contributed by atoms with Gasteiger partial charge in [0.25, 0.3) is 5.91 Å². The van der Waals surface area contributed by atoms with Crippen molar-refractivity contribution in [1.82, 2.24) is 10.2 Å². The highest BCUT2D eigenvalue weighted by Crippen LogP contribution is 2.28. The van der Waals surface area contributed by atoms with Gasteiger partial charge in [-0.3, -0.25) is 9.89 Å². The monoisotopic (exact) mass is 341 g/mol. The molecule has 2 N–H and O–H groups in total. The molecule has 0 aliphatic carbocycles. The van der Waals surface area contributed by atoms with E-state index < -0.39 is 9.84 Å². The standard InChI is InChI=1S/C17H15N3O3S/c1-24(22,23)16-5-3-2-4-14(16)12-6-8-13(9-7-12)19-17(21)15-10-11-18-20-15/h2-11H,1H3,(H,18,20)(H,19,21). The summed E-state index contributed by atoms with van der Waals surface area (Å²) in [4.78, 5) is 12.2. The number of rotatable bonds is 4. The molecular weight excluding hydrogens is 326 g/mol. The minimum Gasteiger partial charge on any atom is -0.321 e. The molecule has 0 spiro atoms. The normalized spacial score (nSPS) is 11.2. The van der Waals surface area contributed by atoms with Crippen molar-refractivity contribution in [3.8, 4) is 11.1 Å². The van der Waals surface area contributed by atoms with E-state index in [0.717, 1.165) is 5.56 Å². The third-order valence-electron chi connectivity index (χ3n) is 3.49. The largest absolute Gasteiger partial charge is 0.321 e. The van der Waals surface area contributed by atoms with Crippen LogP contribution in [-0.2, 0) is 9.84 Å². The molecule has 0 aliphatic heterocycles. The highest BCUT2D eigenvalue weighted by atomic mass is 32.2. The molecule has 3 aromatic rings. The Labute approximate surface area is 139 Å². The maximum Gasteiger partial charge on any atom is 0.273 e. The average Bonchev–Trinajstić information content (AvgIpc) is 3.09. The number of nitrogens with one attached hydrogen (secondary N) is 2. The SMILES string of the molecule is CS(=O)(=O)c1ccccc1-c1ccc(NC(=O)c2ccn[nH]2)cc1. The number of hydrogen-bond acceptors (Lipinski definition) is 4. The fraction of sp³-hybridized carbons (Fsp3) is 0.0588. The summed E-state index contributed by atoms with van der Waals surface area (Å²) in [5, 5.41) is 9.06. The fourth-order valence-electron chi connectivity index (χ4n) is 2.34. The van der Waals surface area contributed by atoms with E-state index in [1.54, 1.807) is 54.6 Å². The van der Waals surface area contributed by atoms with Crippen molar-refractivity contribution in [1.29, 1.82) is 0 Å². The first-order chi connectivity index (χ1) is 11.4. The molecule has 6 nitrogen and oxygen atoms in total. The first kappa shape index (κ1) is 15.9. The lowest BCUT2D eigenvalue weighted by Crippen LogP contribution is -2.12. The maximum atomic E-state index is 12.0. The first-order valence-electron chi connectivity index (χ1n) is 7.15. The molecule has 0 bridgehead atoms. The number of amides is 1. The van der Waals surface area contributed by atoms with E-state index in [4.69, 9.17) is 0 Å². The van der Waals surface area contributed by atoms with Crippen LogP contribution in [0, 0.1) is 0 Å². The molecule has 1 aromatic heterocycles. The summed E-state index contributed by atoms with van der Waals surface area (Å²) >= 11 is 0. The second kappa shape index (κ2) is 6.29. The molecule has 0 saturated heterocycles. The van der Waals surface area contributed by atoms with Crippen LogP contribution in [-0.4, -0.2) is 30.8 Å². The lowest BCUT2D eigenvalue weighted by Gasteiger charge is -2.09. The van der Waals surface area contributed by atoms with Gasteiger partial charge in [-0.2, -0.15) is 5.10 Å². The molecule has 0 aliphatic rings. The van der Waals surface area contributed by atoms with Gasteiger partial charge in [0.1, 0.15) is 5.69 Å². The summed E-state index contributed by atoms with van der Waals surface area (Å²) in [5.41, 5.74) is 2.36. The Bertz CT molecular complexity index is 963. The Hall–Kier alpha value is -2.93. The molecular formula is C17H15N3O3S. The second-order valence-corrected chi connectivity index (χ2v) is 7.25. The van der Waals surface area contributed by atoms with E-state index in [9.17, 15) is 13.2 Å². The van der Waals surface area contributed by atoms with Crippen LogP contribution < -0.4 is 5.32 Å². The lowest BCUT2D eigenvalue weighted by molar-refractivity contribution is 0.102. The van der Waals surface area contributed by atoms with Crippen LogP contribution in [0.3, 0.4) is 0 Å². The van der Waals surface area contributed by atoms with Gasteiger partial charge in [0.15, 0.2) is 9.84 Å². The highest BCUT2D eigenvalue weighted by Gasteiger charge is 2.14. The number of H-pyrrole nitrogens is 1. The molecule has 0 unspecified atom stereocenters. The van der Waals surface area contributed by atoms with Gasteiger partial charge in [0.05, 0.1) is 4.90 Å². The number of carbonyl (C=O) groups is 1. The van der Waals surface area contributed by atoms with Crippen molar-refractivity contribution in [3.63, 3.8) is 0 Å². The van der Waals surface area contributed by atoms with Crippen LogP contribution in [0.5, 0.6) is 0 Å². The molecule has 0 fully saturated rings. The molecule has 1 heterocycles. The van der Waals surface area contributed by atoms with Gasteiger partial charge in [-0.15, -0.1) is 0 Å². The minimum atomic E-state index is -3.32. The fourth-order valence-corrected chi connectivity index (χ4v) is 3.25. The summed E-state index contributed by atoms with van der Waals surface area (Å²) in [6.45, 7) is 0. The predicted molar refractivity (Wildman–Crippen MR) is 91.5 cm³/mol. The number of nitrogens with zero attached hydrogens (tertiary/aromatic N) is 1. The number of sulfone groups is 1. The van der Waals surface area contributed by atoms with E-state index >= 15 is 0 Å². The maximum absolute atomic E-state index is 12.0. The Morgan fingerprint density at radius 1 is 1.04 bits per heavy atom. The van der Waals surface area contributed by atoms with Crippen molar-refractivity contribution in [2.45, 2.75) is 4.90 Å². The number of carbonyl (C=O) groups excluding carboxylic acids is 1. The van der Waals surface area contributed by atoms with E-state index in [1.807, 2.05) is 0 Å². The molecule has 2 aromatic carbocycles. The first-order valence-corrected chi connectivity index (χ1v) is 9.04. The van der Waals surface area contributed by atoms with Gasteiger partial charge < -0.3 is 5.32 Å². The Morgan fingerprint density at radius 3 is 2.38 bits per heavy atom. The highest BCUT2D eigenvalue weighted by molar-refractivity contribution is 7.90. The smallest absolute Gasteiger partial charge is 0.273 e. The Morgan fingerprint density at radius 2 is 1.75 bits per heavy atom. The number of benzene rings is 2. The zero-order valence-corrected chi connectivity index (χ0v) is 13.7. The van der Waals surface area contributed by atoms with Gasteiger partial charge in [-0.05, 0) is 29.8 Å². The Balaban J connectivity index is 1.87. The second-order valence-electron chi connectivity index (χ2n) is 5.27. The third kappa shape index (κ3) is 3.36. The summed E-state index contributed by atoms with van der Waals surface area (Å²) in [7, 11) is -3.32. The van der Waals surface area contributed by atoms with Crippen LogP contribution in [0.4, 0.5) is 5.69 Å². The molecule has 3 rings (SSSR count). The van der Waals surface area contributed by atoms with Crippen molar-refractivity contribution in [2.24, 2.45) is 0 Å². The van der Waals surface area contributed by atoms with Crippen molar-refractivity contribution >= 4 is 21.4 Å². The molecule has 0 radical (unpaired) electrons. The van der Waals surface area contributed by atoms with E-state index in [2.05, 4.69) is 15.5 Å². The topological polar surface area (TPSA) is 91.9 Å². The third-order valence-corrected chi connectivity index (χ3v) is 4.64. The van der Waals surface area contributed by atoms with E-state index in [1.165, 1.54) is 12.5 Å². The van der Waals surface area contributed by atoms with Crippen LogP contribution in [0.2, 0.25) is 0 Å². The predicted octanol–water partition coefficient (Wildman–Crippen LogP) is 2.73. The molecule has 0 atom stereocenters. The molecule has 122 valence electrons. The average molecular weight is 341 g/mol. The number of aromatic amines is 1. The van der Waals surface area contributed by atoms with Crippen molar-refractivity contribution in [3.05, 3.63) is 66.5 Å². The van der Waals surface area contributed by atoms with Gasteiger partial charge >= 0.3 is 0 Å². The van der Waals surface area contributed by atoms with E-state index in [0.29, 0.717) is 16.9 Å². The van der Waals surface area contributed by atoms with Gasteiger partial charge in [-0.1, -0.05) is 30.3 Å². The Kier molecular flexibility index (Phi) is 4.18. The van der Waals surface area contributed by atoms with Crippen molar-refractivity contribution in [2.75, 3.05) is 11.6 Å². The van der Waals surface area contributed by atoms with Crippen LogP contribution in [0.1, 0.15) is 10.5 Å². The summed E-state index contributed by atoms with van der Waals surface area (Å²) in [5.74, 6) is -0.295. The van der Waals surface area contributed by atoms with Crippen LogP contribution >= 0.6 is 0 Å². The number of anilines is 1. The summed E-state index contributed by atoms with van der Waals surface area (Å²) < 4.78 is 23.8. The number of hydrogen-bond donors (Lipinski definition) is 2. The van der Waals surface area contributed by atoms with Gasteiger partial charge in [0.2, 0.25) is 0 Å². The molecule has 24 heavy (non-hydrogen) atoms. The van der Waals surface area contributed by atoms with Crippen molar-refractivity contribution < 1.29 is 13.2 Å². The lowest BCUT2D eigenvalue weighted by atomic mass is 10.1. The summed E-state index contributed by atoms with van der Waals surface area (Å²) in [6, 6.07) is 15.4. The molecule has 0 saturated carbocycles. The zero-order chi connectivity index (χ0) is 17.2. The quantitative estimate of drug-likeness (QED) is 0.763. The van der Waals surface area contributed by atoms with Gasteiger partial charge in [-0.25, -0.2) is 8.42 Å². The zero-order valence-electron chi connectivity index (χ0n) is 12.9. The molecule has 7 heteroatoms. The van der Waals surface area contributed by atoms with Crippen LogP contribution in [0.15, 0.2) is 65.7 Å². The van der Waals surface area contributed by atoms with Crippen LogP contribution in [0.25, 0.3) is 11.1 Å². The number of aromatic nitrogens is 2. The van der Waals surface area contributed by atoms with E-state index in [-0.39, 0.29) is 10.8 Å². The molecule has 1 amide bonds. The minimum absolute atomic E-state index is 0.277. The van der Waals surface area contributed by atoms with Gasteiger partial charge in [0, 0.05) is 23.7 Å².